The third-order valence-electron chi connectivity index (χ3n) is 6.57. The lowest BCUT2D eigenvalue weighted by molar-refractivity contribution is -0.140. The number of hydrogen-bond acceptors (Lipinski definition) is 3. The number of imide groups is 1. The Bertz CT molecular complexity index is 902. The number of halogens is 2. The molecular weight excluding hydrogens is 402 g/mol. The molecule has 31 heavy (non-hydrogen) atoms. The standard InChI is InChI=1S/C23H28F2N4O2/c1-3-26-23(28-12-13(2)14-6-7-17(24)18(25)11-14)27-8-9-29-21(30)19-15-4-5-16(10-15)20(19)22(29)31/h4-7,11,13,15-16,19-20H,3,8-10,12H2,1-2H3,(H2,26,27,28). The lowest BCUT2D eigenvalue weighted by Gasteiger charge is -2.19. The van der Waals surface area contributed by atoms with Crippen molar-refractivity contribution in [2.24, 2.45) is 28.7 Å². The molecule has 2 N–H and O–H groups in total. The van der Waals surface area contributed by atoms with Crippen LogP contribution in [0.4, 0.5) is 8.78 Å². The summed E-state index contributed by atoms with van der Waals surface area (Å²) in [6.45, 7) is 5.54. The molecule has 2 amide bonds. The number of carbonyl (C=O) groups is 2. The van der Waals surface area contributed by atoms with Crippen molar-refractivity contribution in [2.45, 2.75) is 26.2 Å². The van der Waals surface area contributed by atoms with Crippen LogP contribution < -0.4 is 10.6 Å². The smallest absolute Gasteiger partial charge is 0.233 e. The SMILES string of the molecule is CCNC(=NCC(C)c1ccc(F)c(F)c1)NCCN1C(=O)C2C3C=CC(C3)C2C1=O. The van der Waals surface area contributed by atoms with Gasteiger partial charge in [0.25, 0.3) is 0 Å². The molecule has 2 fully saturated rings. The molecule has 0 spiro atoms. The van der Waals surface area contributed by atoms with Crippen LogP contribution in [0, 0.1) is 35.3 Å². The van der Waals surface area contributed by atoms with Crippen molar-refractivity contribution in [1.82, 2.24) is 15.5 Å². The quantitative estimate of drug-likeness (QED) is 0.302. The fraction of sp³-hybridized carbons (Fsp3) is 0.522. The largest absolute Gasteiger partial charge is 0.357 e. The van der Waals surface area contributed by atoms with Crippen molar-refractivity contribution >= 4 is 17.8 Å². The van der Waals surface area contributed by atoms with Crippen LogP contribution in [-0.2, 0) is 9.59 Å². The van der Waals surface area contributed by atoms with Crippen molar-refractivity contribution in [2.75, 3.05) is 26.2 Å². The first-order valence-electron chi connectivity index (χ1n) is 10.9. The van der Waals surface area contributed by atoms with Crippen LogP contribution >= 0.6 is 0 Å². The van der Waals surface area contributed by atoms with E-state index in [1.807, 2.05) is 13.8 Å². The van der Waals surface area contributed by atoms with E-state index >= 15 is 0 Å². The van der Waals surface area contributed by atoms with Gasteiger partial charge in [-0.05, 0) is 42.9 Å². The van der Waals surface area contributed by atoms with Crippen molar-refractivity contribution in [3.05, 3.63) is 47.5 Å². The molecule has 1 aliphatic heterocycles. The van der Waals surface area contributed by atoms with Gasteiger partial charge in [0.2, 0.25) is 11.8 Å². The van der Waals surface area contributed by atoms with Gasteiger partial charge >= 0.3 is 0 Å². The summed E-state index contributed by atoms with van der Waals surface area (Å²) < 4.78 is 26.6. The predicted molar refractivity (Wildman–Crippen MR) is 113 cm³/mol. The number of likely N-dealkylation sites (tertiary alicyclic amines) is 1. The van der Waals surface area contributed by atoms with E-state index in [0.29, 0.717) is 37.7 Å². The van der Waals surface area contributed by atoms with E-state index in [1.54, 1.807) is 6.07 Å². The van der Waals surface area contributed by atoms with Gasteiger partial charge in [-0.25, -0.2) is 8.78 Å². The van der Waals surface area contributed by atoms with Crippen LogP contribution in [0.25, 0.3) is 0 Å². The fourth-order valence-corrected chi connectivity index (χ4v) is 4.96. The van der Waals surface area contributed by atoms with E-state index in [4.69, 9.17) is 0 Å². The number of benzene rings is 1. The first-order valence-corrected chi connectivity index (χ1v) is 10.9. The molecule has 3 aliphatic rings. The minimum atomic E-state index is -0.869. The third kappa shape index (κ3) is 4.07. The van der Waals surface area contributed by atoms with Gasteiger partial charge < -0.3 is 10.6 Å². The second kappa shape index (κ2) is 8.77. The monoisotopic (exact) mass is 430 g/mol. The van der Waals surface area contributed by atoms with Crippen molar-refractivity contribution in [3.63, 3.8) is 0 Å². The molecule has 1 aromatic rings. The second-order valence-electron chi connectivity index (χ2n) is 8.55. The summed E-state index contributed by atoms with van der Waals surface area (Å²) >= 11 is 0. The summed E-state index contributed by atoms with van der Waals surface area (Å²) in [4.78, 5) is 31.4. The molecule has 0 aromatic heterocycles. The Balaban J connectivity index is 1.32. The first-order chi connectivity index (χ1) is 14.9. The minimum Gasteiger partial charge on any atom is -0.357 e. The molecule has 8 heteroatoms. The molecule has 4 rings (SSSR count). The zero-order valence-electron chi connectivity index (χ0n) is 17.8. The average molecular weight is 430 g/mol. The van der Waals surface area contributed by atoms with Crippen molar-refractivity contribution in [1.29, 1.82) is 0 Å². The number of nitrogens with zero attached hydrogens (tertiary/aromatic N) is 2. The molecule has 5 unspecified atom stereocenters. The lowest BCUT2D eigenvalue weighted by atomic mass is 9.85. The summed E-state index contributed by atoms with van der Waals surface area (Å²) in [6.07, 6.45) is 5.10. The van der Waals surface area contributed by atoms with Crippen LogP contribution in [0.1, 0.15) is 31.7 Å². The highest BCUT2D eigenvalue weighted by Crippen LogP contribution is 2.52. The summed E-state index contributed by atoms with van der Waals surface area (Å²) in [7, 11) is 0. The van der Waals surface area contributed by atoms with E-state index in [9.17, 15) is 18.4 Å². The number of carbonyl (C=O) groups excluding carboxylic acids is 2. The van der Waals surface area contributed by atoms with E-state index < -0.39 is 11.6 Å². The average Bonchev–Trinajstić information content (AvgIpc) is 3.43. The predicted octanol–water partition coefficient (Wildman–Crippen LogP) is 2.43. The number of fused-ring (bicyclic) bond motifs is 5. The molecule has 1 saturated heterocycles. The maximum atomic E-state index is 13.5. The zero-order chi connectivity index (χ0) is 22.1. The summed E-state index contributed by atoms with van der Waals surface area (Å²) in [5.41, 5.74) is 0.668. The Kier molecular flexibility index (Phi) is 6.07. The lowest BCUT2D eigenvalue weighted by Crippen LogP contribution is -2.43. The molecule has 1 heterocycles. The third-order valence-corrected chi connectivity index (χ3v) is 6.57. The molecular formula is C23H28F2N4O2. The number of amides is 2. The van der Waals surface area contributed by atoms with Crippen LogP contribution in [-0.4, -0.2) is 48.9 Å². The molecule has 5 atom stereocenters. The summed E-state index contributed by atoms with van der Waals surface area (Å²) in [6, 6.07) is 3.87. The molecule has 1 saturated carbocycles. The van der Waals surface area contributed by atoms with Gasteiger partial charge in [0.1, 0.15) is 0 Å². The van der Waals surface area contributed by atoms with Crippen LogP contribution in [0.5, 0.6) is 0 Å². The van der Waals surface area contributed by atoms with Gasteiger partial charge in [-0.15, -0.1) is 0 Å². The molecule has 0 radical (unpaired) electrons. The fourth-order valence-electron chi connectivity index (χ4n) is 4.96. The number of allylic oxidation sites excluding steroid dienone is 2. The molecule has 2 aliphatic carbocycles. The molecule has 6 nitrogen and oxygen atoms in total. The Morgan fingerprint density at radius 3 is 2.42 bits per heavy atom. The highest BCUT2D eigenvalue weighted by molar-refractivity contribution is 6.06. The Hall–Kier alpha value is -2.77. The number of hydrogen-bond donors (Lipinski definition) is 2. The zero-order valence-corrected chi connectivity index (χ0v) is 17.8. The molecule has 166 valence electrons. The van der Waals surface area contributed by atoms with Crippen LogP contribution in [0.3, 0.4) is 0 Å². The normalized spacial score (nSPS) is 27.7. The van der Waals surface area contributed by atoms with Gasteiger partial charge in [0.15, 0.2) is 17.6 Å². The van der Waals surface area contributed by atoms with Crippen LogP contribution in [0.2, 0.25) is 0 Å². The van der Waals surface area contributed by atoms with E-state index in [2.05, 4.69) is 27.8 Å². The minimum absolute atomic E-state index is 0.0532. The Morgan fingerprint density at radius 1 is 1.13 bits per heavy atom. The van der Waals surface area contributed by atoms with Gasteiger partial charge in [-0.3, -0.25) is 19.5 Å². The maximum absolute atomic E-state index is 13.5. The Morgan fingerprint density at radius 2 is 1.81 bits per heavy atom. The number of nitrogens with one attached hydrogen (secondary N) is 2. The van der Waals surface area contributed by atoms with E-state index in [-0.39, 0.29) is 41.4 Å². The number of aliphatic imine (C=N–C) groups is 1. The van der Waals surface area contributed by atoms with Gasteiger partial charge in [-0.1, -0.05) is 25.1 Å². The maximum Gasteiger partial charge on any atom is 0.233 e. The van der Waals surface area contributed by atoms with Crippen molar-refractivity contribution in [3.8, 4) is 0 Å². The second-order valence-corrected chi connectivity index (χ2v) is 8.55. The first kappa shape index (κ1) is 21.5. The van der Waals surface area contributed by atoms with E-state index in [1.165, 1.54) is 11.0 Å². The highest BCUT2D eigenvalue weighted by atomic mass is 19.2. The van der Waals surface area contributed by atoms with Crippen molar-refractivity contribution < 1.29 is 18.4 Å². The summed E-state index contributed by atoms with van der Waals surface area (Å²) in [5, 5.41) is 6.29. The number of rotatable bonds is 7. The highest BCUT2D eigenvalue weighted by Gasteiger charge is 2.58. The van der Waals surface area contributed by atoms with Gasteiger partial charge in [0.05, 0.1) is 11.8 Å². The molecule has 2 bridgehead atoms. The Labute approximate surface area is 180 Å². The van der Waals surface area contributed by atoms with E-state index in [0.717, 1.165) is 12.5 Å². The van der Waals surface area contributed by atoms with Crippen LogP contribution in [0.15, 0.2) is 35.3 Å². The van der Waals surface area contributed by atoms with Gasteiger partial charge in [0, 0.05) is 32.1 Å². The number of guanidine groups is 1. The summed E-state index contributed by atoms with van der Waals surface area (Å²) in [5.74, 6) is -1.33. The van der Waals surface area contributed by atoms with Gasteiger partial charge in [-0.2, -0.15) is 0 Å². The topological polar surface area (TPSA) is 73.8 Å². The molecule has 1 aromatic carbocycles.